The summed E-state index contributed by atoms with van der Waals surface area (Å²) in [7, 11) is -1.88. The average molecular weight is 311 g/mol. The summed E-state index contributed by atoms with van der Waals surface area (Å²) in [5, 5.41) is 5.38. The van der Waals surface area contributed by atoms with Crippen LogP contribution < -0.4 is 15.4 Å². The van der Waals surface area contributed by atoms with E-state index in [-0.39, 0.29) is 23.0 Å². The Balaban J connectivity index is 1.88. The topological polar surface area (TPSA) is 87.3 Å². The third-order valence-corrected chi connectivity index (χ3v) is 5.20. The molecule has 3 N–H and O–H groups in total. The van der Waals surface area contributed by atoms with Crippen molar-refractivity contribution in [3.63, 3.8) is 0 Å². The minimum Gasteiger partial charge on any atom is -0.341 e. The largest absolute Gasteiger partial charge is 0.341 e. The van der Waals surface area contributed by atoms with E-state index in [1.807, 2.05) is 0 Å². The summed E-state index contributed by atoms with van der Waals surface area (Å²) in [6.07, 6.45) is 2.99. The molecule has 1 aliphatic carbocycles. The molecule has 0 unspecified atom stereocenters. The second kappa shape index (κ2) is 6.91. The van der Waals surface area contributed by atoms with Gasteiger partial charge in [-0.25, -0.2) is 17.9 Å². The number of urea groups is 1. The number of nitrogens with one attached hydrogen (secondary N) is 3. The Morgan fingerprint density at radius 2 is 1.62 bits per heavy atom. The second-order valence-corrected chi connectivity index (χ2v) is 6.92. The molecule has 21 heavy (non-hydrogen) atoms. The van der Waals surface area contributed by atoms with Gasteiger partial charge in [0, 0.05) is 19.1 Å². The predicted octanol–water partition coefficient (Wildman–Crippen LogP) is 1.21. The van der Waals surface area contributed by atoms with Gasteiger partial charge in [0.05, 0.1) is 4.90 Å². The molecule has 1 aromatic carbocycles. The van der Waals surface area contributed by atoms with Crippen molar-refractivity contribution >= 4 is 16.1 Å². The third-order valence-electron chi connectivity index (χ3n) is 3.66. The van der Waals surface area contributed by atoms with E-state index in [2.05, 4.69) is 15.4 Å². The summed E-state index contributed by atoms with van der Waals surface area (Å²) < 4.78 is 27.2. The van der Waals surface area contributed by atoms with Gasteiger partial charge in [-0.1, -0.05) is 18.2 Å². The lowest BCUT2D eigenvalue weighted by molar-refractivity contribution is 0.232. The summed E-state index contributed by atoms with van der Waals surface area (Å²) >= 11 is 0. The van der Waals surface area contributed by atoms with Crippen LogP contribution in [0.5, 0.6) is 0 Å². The lowest BCUT2D eigenvalue weighted by atomic mass is 9.92. The molecule has 0 radical (unpaired) electrons. The van der Waals surface area contributed by atoms with Gasteiger partial charge < -0.3 is 10.6 Å². The Bertz CT molecular complexity index is 566. The number of carbonyl (C=O) groups is 1. The fraction of sp³-hybridized carbons (Fsp3) is 0.500. The molecule has 116 valence electrons. The van der Waals surface area contributed by atoms with Gasteiger partial charge in [0.15, 0.2) is 0 Å². The average Bonchev–Trinajstić information content (AvgIpc) is 2.50. The monoisotopic (exact) mass is 311 g/mol. The first kappa shape index (κ1) is 15.8. The third kappa shape index (κ3) is 4.44. The lowest BCUT2D eigenvalue weighted by Gasteiger charge is -2.29. The fourth-order valence-electron chi connectivity index (χ4n) is 2.50. The smallest absolute Gasteiger partial charge is 0.314 e. The van der Waals surface area contributed by atoms with E-state index in [1.54, 1.807) is 37.4 Å². The van der Waals surface area contributed by atoms with Crippen LogP contribution in [0.15, 0.2) is 35.2 Å². The predicted molar refractivity (Wildman–Crippen MR) is 80.4 cm³/mol. The highest BCUT2D eigenvalue weighted by Crippen LogP contribution is 2.20. The zero-order valence-corrected chi connectivity index (χ0v) is 12.8. The normalized spacial score (nSPS) is 22.5. The minimum absolute atomic E-state index is 0.0713. The molecule has 0 heterocycles. The Labute approximate surface area is 125 Å². The van der Waals surface area contributed by atoms with E-state index in [0.717, 1.165) is 25.7 Å². The van der Waals surface area contributed by atoms with E-state index in [1.165, 1.54) is 0 Å². The Morgan fingerprint density at radius 3 is 2.19 bits per heavy atom. The highest BCUT2D eigenvalue weighted by atomic mass is 32.2. The SMILES string of the molecule is CNC(=O)NC1CCC(NS(=O)(=O)c2ccccc2)CC1. The number of amides is 2. The number of hydrogen-bond acceptors (Lipinski definition) is 3. The van der Waals surface area contributed by atoms with Gasteiger partial charge in [0.2, 0.25) is 10.0 Å². The van der Waals surface area contributed by atoms with Crippen LogP contribution in [0, 0.1) is 0 Å². The van der Waals surface area contributed by atoms with Crippen molar-refractivity contribution in [3.8, 4) is 0 Å². The quantitative estimate of drug-likeness (QED) is 0.781. The van der Waals surface area contributed by atoms with Crippen LogP contribution in [-0.4, -0.2) is 33.6 Å². The molecule has 6 nitrogen and oxygen atoms in total. The summed E-state index contributed by atoms with van der Waals surface area (Å²) in [6.45, 7) is 0. The molecule has 0 aliphatic heterocycles. The molecule has 1 aromatic rings. The molecule has 7 heteroatoms. The zero-order chi connectivity index (χ0) is 15.3. The first-order chi connectivity index (χ1) is 10.0. The van der Waals surface area contributed by atoms with Gasteiger partial charge in [-0.2, -0.15) is 0 Å². The first-order valence-electron chi connectivity index (χ1n) is 7.07. The van der Waals surface area contributed by atoms with E-state index < -0.39 is 10.0 Å². The van der Waals surface area contributed by atoms with Crippen molar-refractivity contribution in [2.45, 2.75) is 42.7 Å². The van der Waals surface area contributed by atoms with Crippen LogP contribution in [0.25, 0.3) is 0 Å². The highest BCUT2D eigenvalue weighted by molar-refractivity contribution is 7.89. The number of hydrogen-bond donors (Lipinski definition) is 3. The number of benzene rings is 1. The molecule has 1 saturated carbocycles. The first-order valence-corrected chi connectivity index (χ1v) is 8.55. The fourth-order valence-corrected chi connectivity index (χ4v) is 3.83. The molecule has 1 fully saturated rings. The van der Waals surface area contributed by atoms with Crippen molar-refractivity contribution in [1.29, 1.82) is 0 Å². The summed E-state index contributed by atoms with van der Waals surface area (Å²) in [4.78, 5) is 11.5. The summed E-state index contributed by atoms with van der Waals surface area (Å²) in [6, 6.07) is 8.22. The zero-order valence-electron chi connectivity index (χ0n) is 12.0. The van der Waals surface area contributed by atoms with Gasteiger partial charge in [-0.05, 0) is 37.8 Å². The van der Waals surface area contributed by atoms with Crippen molar-refractivity contribution in [2.24, 2.45) is 0 Å². The number of sulfonamides is 1. The van der Waals surface area contributed by atoms with E-state index in [9.17, 15) is 13.2 Å². The van der Waals surface area contributed by atoms with E-state index in [4.69, 9.17) is 0 Å². The highest BCUT2D eigenvalue weighted by Gasteiger charge is 2.26. The molecule has 2 amide bonds. The van der Waals surface area contributed by atoms with Gasteiger partial charge in [0.1, 0.15) is 0 Å². The molecular formula is C14H21N3O3S. The van der Waals surface area contributed by atoms with Crippen LogP contribution in [0.3, 0.4) is 0 Å². The Kier molecular flexibility index (Phi) is 5.19. The van der Waals surface area contributed by atoms with Crippen LogP contribution in [0.2, 0.25) is 0 Å². The van der Waals surface area contributed by atoms with Gasteiger partial charge in [-0.15, -0.1) is 0 Å². The molecule has 0 spiro atoms. The standard InChI is InChI=1S/C14H21N3O3S/c1-15-14(18)16-11-7-9-12(10-8-11)17-21(19,20)13-5-3-2-4-6-13/h2-6,11-12,17H,7-10H2,1H3,(H2,15,16,18). The van der Waals surface area contributed by atoms with E-state index in [0.29, 0.717) is 0 Å². The van der Waals surface area contributed by atoms with Crippen LogP contribution in [0.4, 0.5) is 4.79 Å². The maximum atomic E-state index is 12.2. The number of rotatable bonds is 4. The van der Waals surface area contributed by atoms with E-state index >= 15 is 0 Å². The molecule has 0 atom stereocenters. The van der Waals surface area contributed by atoms with Gasteiger partial charge in [0.25, 0.3) is 0 Å². The molecule has 1 aliphatic rings. The van der Waals surface area contributed by atoms with Gasteiger partial charge >= 0.3 is 6.03 Å². The summed E-state index contributed by atoms with van der Waals surface area (Å²) in [5.74, 6) is 0. The second-order valence-electron chi connectivity index (χ2n) is 5.21. The van der Waals surface area contributed by atoms with Crippen LogP contribution in [0.1, 0.15) is 25.7 Å². The summed E-state index contributed by atoms with van der Waals surface area (Å²) in [5.41, 5.74) is 0. The van der Waals surface area contributed by atoms with Gasteiger partial charge in [-0.3, -0.25) is 0 Å². The van der Waals surface area contributed by atoms with Crippen LogP contribution >= 0.6 is 0 Å². The minimum atomic E-state index is -3.45. The van der Waals surface area contributed by atoms with Crippen molar-refractivity contribution in [1.82, 2.24) is 15.4 Å². The molecule has 2 rings (SSSR count). The van der Waals surface area contributed by atoms with Crippen molar-refractivity contribution in [3.05, 3.63) is 30.3 Å². The molecule has 0 bridgehead atoms. The molecule has 0 saturated heterocycles. The Hall–Kier alpha value is -1.60. The number of carbonyl (C=O) groups excluding carboxylic acids is 1. The Morgan fingerprint density at radius 1 is 1.05 bits per heavy atom. The van der Waals surface area contributed by atoms with Crippen molar-refractivity contribution in [2.75, 3.05) is 7.05 Å². The lowest BCUT2D eigenvalue weighted by Crippen LogP contribution is -2.46. The maximum Gasteiger partial charge on any atom is 0.314 e. The van der Waals surface area contributed by atoms with Crippen LogP contribution in [-0.2, 0) is 10.0 Å². The molecule has 0 aromatic heterocycles. The molecular weight excluding hydrogens is 290 g/mol. The van der Waals surface area contributed by atoms with Crippen molar-refractivity contribution < 1.29 is 13.2 Å². The maximum absolute atomic E-state index is 12.2.